The number of esters is 1. The summed E-state index contributed by atoms with van der Waals surface area (Å²) >= 11 is 0. The number of pyridine rings is 1. The molecule has 0 saturated heterocycles. The molecule has 0 fully saturated rings. The first-order chi connectivity index (χ1) is 19.9. The van der Waals surface area contributed by atoms with E-state index in [1.807, 2.05) is 30.5 Å². The highest BCUT2D eigenvalue weighted by Crippen LogP contribution is 2.33. The summed E-state index contributed by atoms with van der Waals surface area (Å²) in [5.74, 6) is -2.35. The number of aromatic amines is 1. The number of aryl methyl sites for hydroxylation is 2. The number of hydrogen-bond donors (Lipinski definition) is 3. The van der Waals surface area contributed by atoms with Crippen LogP contribution in [0.2, 0.25) is 0 Å². The first-order valence-electron chi connectivity index (χ1n) is 13.0. The topological polar surface area (TPSA) is 110 Å². The highest BCUT2D eigenvalue weighted by molar-refractivity contribution is 6.11. The number of H-pyrrole nitrogens is 1. The number of fused-ring (bicyclic) bond motifs is 2. The van der Waals surface area contributed by atoms with E-state index in [2.05, 4.69) is 20.6 Å². The van der Waals surface area contributed by atoms with Crippen molar-refractivity contribution in [2.75, 3.05) is 31.5 Å². The highest BCUT2D eigenvalue weighted by Gasteiger charge is 2.26. The van der Waals surface area contributed by atoms with Crippen molar-refractivity contribution in [3.63, 3.8) is 0 Å². The third kappa shape index (κ3) is 5.75. The second-order valence-corrected chi connectivity index (χ2v) is 9.42. The average molecular weight is 562 g/mol. The molecule has 0 bridgehead atoms. The molecule has 5 rings (SSSR count). The number of para-hydroxylation sites is 1. The number of nitrogens with one attached hydrogen (secondary N) is 3. The number of methoxy groups -OCH3 is 2. The lowest BCUT2D eigenvalue weighted by molar-refractivity contribution is -0.117. The number of halogens is 2. The molecule has 212 valence electrons. The Balaban J connectivity index is 1.55. The average Bonchev–Trinajstić information content (AvgIpc) is 3.52. The van der Waals surface area contributed by atoms with Crippen LogP contribution in [-0.2, 0) is 33.8 Å². The summed E-state index contributed by atoms with van der Waals surface area (Å²) < 4.78 is 40.2. The van der Waals surface area contributed by atoms with Crippen LogP contribution >= 0.6 is 0 Å². The van der Waals surface area contributed by atoms with Crippen molar-refractivity contribution in [1.29, 1.82) is 0 Å². The second kappa shape index (κ2) is 12.2. The Bertz CT molecular complexity index is 1710. The predicted molar refractivity (Wildman–Crippen MR) is 152 cm³/mol. The normalized spacial score (nSPS) is 11.2. The fourth-order valence-corrected chi connectivity index (χ4v) is 4.83. The van der Waals surface area contributed by atoms with Gasteiger partial charge in [0.15, 0.2) is 5.69 Å². The van der Waals surface area contributed by atoms with E-state index in [1.165, 1.54) is 38.6 Å². The SMILES string of the molecule is COCCC(=O)Nc1c(C(=O)OC)n(CCc2c[nH]c3ccccc23)c2ncc(NCc3c(F)cccc3F)cc12. The molecular weight excluding hydrogens is 532 g/mol. The van der Waals surface area contributed by atoms with Crippen molar-refractivity contribution in [2.24, 2.45) is 0 Å². The molecule has 3 aromatic heterocycles. The van der Waals surface area contributed by atoms with E-state index < -0.39 is 17.6 Å². The Labute approximate surface area is 234 Å². The molecule has 11 heteroatoms. The second-order valence-electron chi connectivity index (χ2n) is 9.42. The van der Waals surface area contributed by atoms with Gasteiger partial charge in [0.05, 0.1) is 37.7 Å². The van der Waals surface area contributed by atoms with Crippen molar-refractivity contribution in [3.8, 4) is 0 Å². The van der Waals surface area contributed by atoms with Crippen molar-refractivity contribution in [2.45, 2.75) is 25.9 Å². The Hall–Kier alpha value is -4.77. The monoisotopic (exact) mass is 561 g/mol. The zero-order valence-electron chi connectivity index (χ0n) is 22.6. The van der Waals surface area contributed by atoms with Crippen LogP contribution in [0.1, 0.15) is 28.0 Å². The van der Waals surface area contributed by atoms with E-state index in [0.717, 1.165) is 16.5 Å². The van der Waals surface area contributed by atoms with Crippen LogP contribution in [0.3, 0.4) is 0 Å². The molecule has 41 heavy (non-hydrogen) atoms. The largest absolute Gasteiger partial charge is 0.464 e. The lowest BCUT2D eigenvalue weighted by Gasteiger charge is -2.11. The molecular formula is C30H29F2N5O4. The van der Waals surface area contributed by atoms with Crippen molar-refractivity contribution >= 4 is 45.2 Å². The third-order valence-corrected chi connectivity index (χ3v) is 6.89. The maximum Gasteiger partial charge on any atom is 0.356 e. The van der Waals surface area contributed by atoms with E-state index in [-0.39, 0.29) is 42.4 Å². The number of nitrogens with zero attached hydrogens (tertiary/aromatic N) is 2. The molecule has 5 aromatic rings. The van der Waals surface area contributed by atoms with Crippen LogP contribution in [0.4, 0.5) is 20.2 Å². The van der Waals surface area contributed by atoms with Gasteiger partial charge in [-0.1, -0.05) is 24.3 Å². The molecule has 0 unspecified atom stereocenters. The number of benzene rings is 2. The maximum atomic E-state index is 14.2. The minimum atomic E-state index is -0.672. The lowest BCUT2D eigenvalue weighted by Crippen LogP contribution is -2.18. The van der Waals surface area contributed by atoms with Crippen molar-refractivity contribution in [3.05, 3.63) is 89.4 Å². The smallest absolute Gasteiger partial charge is 0.356 e. The molecule has 3 N–H and O–H groups in total. The Kier molecular flexibility index (Phi) is 8.25. The fourth-order valence-electron chi connectivity index (χ4n) is 4.83. The van der Waals surface area contributed by atoms with Gasteiger partial charge in [0.25, 0.3) is 0 Å². The van der Waals surface area contributed by atoms with Gasteiger partial charge >= 0.3 is 5.97 Å². The van der Waals surface area contributed by atoms with Crippen LogP contribution < -0.4 is 10.6 Å². The summed E-state index contributed by atoms with van der Waals surface area (Å²) in [6.45, 7) is 0.418. The number of carbonyl (C=O) groups excluding carboxylic acids is 2. The van der Waals surface area contributed by atoms with Gasteiger partial charge in [-0.05, 0) is 36.2 Å². The number of ether oxygens (including phenoxy) is 2. The molecule has 3 heterocycles. The van der Waals surface area contributed by atoms with Crippen LogP contribution in [0.5, 0.6) is 0 Å². The number of amides is 1. The van der Waals surface area contributed by atoms with Gasteiger partial charge in [-0.25, -0.2) is 18.6 Å². The van der Waals surface area contributed by atoms with E-state index >= 15 is 0 Å². The van der Waals surface area contributed by atoms with Crippen LogP contribution in [-0.4, -0.2) is 47.2 Å². The molecule has 2 aromatic carbocycles. The number of aromatic nitrogens is 3. The molecule has 0 radical (unpaired) electrons. The zero-order valence-corrected chi connectivity index (χ0v) is 22.6. The van der Waals surface area contributed by atoms with Crippen molar-refractivity contribution in [1.82, 2.24) is 14.5 Å². The van der Waals surface area contributed by atoms with Crippen molar-refractivity contribution < 1.29 is 27.8 Å². The van der Waals surface area contributed by atoms with Gasteiger partial charge in [0.2, 0.25) is 5.91 Å². The Morgan fingerprint density at radius 3 is 2.59 bits per heavy atom. The quantitative estimate of drug-likeness (QED) is 0.186. The molecule has 1 amide bonds. The number of anilines is 2. The standard InChI is InChI=1S/C30H29F2N5O4/c1-40-13-11-26(38)36-27-21-14-19(33-17-22-23(31)7-5-8-24(22)32)16-35-29(21)37(28(27)30(39)41-2)12-10-18-15-34-25-9-4-3-6-20(18)25/h3-9,14-16,33-34H,10-13,17H2,1-2H3,(H,36,38). The van der Waals surface area contributed by atoms with Gasteiger partial charge in [-0.15, -0.1) is 0 Å². The fraction of sp³-hybridized carbons (Fsp3) is 0.233. The zero-order chi connectivity index (χ0) is 28.9. The summed E-state index contributed by atoms with van der Waals surface area (Å²) in [5.41, 5.74) is 3.19. The summed E-state index contributed by atoms with van der Waals surface area (Å²) in [5, 5.41) is 7.36. The van der Waals surface area contributed by atoms with Gasteiger partial charge in [0.1, 0.15) is 17.3 Å². The minimum Gasteiger partial charge on any atom is -0.464 e. The molecule has 9 nitrogen and oxygen atoms in total. The lowest BCUT2D eigenvalue weighted by atomic mass is 10.1. The summed E-state index contributed by atoms with van der Waals surface area (Å²) in [6.07, 6.45) is 4.07. The Morgan fingerprint density at radius 2 is 1.83 bits per heavy atom. The number of carbonyl (C=O) groups is 2. The molecule has 0 aliphatic rings. The van der Waals surface area contributed by atoms with E-state index in [9.17, 15) is 18.4 Å². The van der Waals surface area contributed by atoms with E-state index in [0.29, 0.717) is 29.7 Å². The summed E-state index contributed by atoms with van der Waals surface area (Å²) in [6, 6.07) is 13.3. The number of rotatable bonds is 11. The summed E-state index contributed by atoms with van der Waals surface area (Å²) in [4.78, 5) is 33.7. The third-order valence-electron chi connectivity index (χ3n) is 6.89. The first kappa shape index (κ1) is 27.8. The van der Waals surface area contributed by atoms with Crippen LogP contribution in [0, 0.1) is 11.6 Å². The maximum absolute atomic E-state index is 14.2. The number of hydrogen-bond acceptors (Lipinski definition) is 6. The minimum absolute atomic E-state index is 0.0665. The first-order valence-corrected chi connectivity index (χ1v) is 13.0. The van der Waals surface area contributed by atoms with Gasteiger partial charge < -0.3 is 29.7 Å². The van der Waals surface area contributed by atoms with E-state index in [1.54, 1.807) is 10.6 Å². The molecule has 0 saturated carbocycles. The summed E-state index contributed by atoms with van der Waals surface area (Å²) in [7, 11) is 2.76. The predicted octanol–water partition coefficient (Wildman–Crippen LogP) is 5.41. The van der Waals surface area contributed by atoms with Crippen LogP contribution in [0.25, 0.3) is 21.9 Å². The van der Waals surface area contributed by atoms with Gasteiger partial charge in [-0.3, -0.25) is 4.79 Å². The molecule has 0 aliphatic carbocycles. The molecule has 0 spiro atoms. The molecule has 0 atom stereocenters. The molecule has 0 aliphatic heterocycles. The van der Waals surface area contributed by atoms with E-state index in [4.69, 9.17) is 9.47 Å². The van der Waals surface area contributed by atoms with Crippen LogP contribution in [0.15, 0.2) is 60.9 Å². The Morgan fingerprint density at radius 1 is 1.05 bits per heavy atom. The van der Waals surface area contributed by atoms with Gasteiger partial charge in [0, 0.05) is 48.2 Å². The van der Waals surface area contributed by atoms with Gasteiger partial charge in [-0.2, -0.15) is 0 Å². The highest BCUT2D eigenvalue weighted by atomic mass is 19.1.